The van der Waals surface area contributed by atoms with Gasteiger partial charge in [0.25, 0.3) is 0 Å². The number of alkyl halides is 3. The molecule has 1 aromatic carbocycles. The quantitative estimate of drug-likeness (QED) is 0.526. The summed E-state index contributed by atoms with van der Waals surface area (Å²) in [6, 6.07) is 6.05. The van der Waals surface area contributed by atoms with Crippen molar-refractivity contribution >= 4 is 22.4 Å². The highest BCUT2D eigenvalue weighted by atomic mass is 19.4. The monoisotopic (exact) mass is 390 g/mol. The van der Waals surface area contributed by atoms with E-state index in [9.17, 15) is 17.6 Å². The molecular weight excluding hydrogens is 376 g/mol. The number of benzene rings is 1. The van der Waals surface area contributed by atoms with Gasteiger partial charge < -0.3 is 9.88 Å². The van der Waals surface area contributed by atoms with Gasteiger partial charge in [-0.15, -0.1) is 0 Å². The number of halogens is 4. The number of rotatable bonds is 4. The van der Waals surface area contributed by atoms with Crippen LogP contribution in [0.1, 0.15) is 5.69 Å². The first-order chi connectivity index (χ1) is 13.3. The average molecular weight is 390 g/mol. The first-order valence-corrected chi connectivity index (χ1v) is 8.25. The fourth-order valence-electron chi connectivity index (χ4n) is 2.84. The van der Waals surface area contributed by atoms with Gasteiger partial charge in [0.15, 0.2) is 5.82 Å². The van der Waals surface area contributed by atoms with E-state index in [1.807, 2.05) is 0 Å². The molecule has 0 aliphatic heterocycles. The molecular formula is C18H14F4N6. The lowest BCUT2D eigenvalue weighted by atomic mass is 10.2. The van der Waals surface area contributed by atoms with Crippen LogP contribution in [0.4, 0.5) is 29.1 Å². The SMILES string of the molecule is Cc1cn(-c2ccc(Nc3nccc4cn(CC(F)(F)F)nc34)cc2F)cn1. The minimum absolute atomic E-state index is 0.240. The van der Waals surface area contributed by atoms with Crippen molar-refractivity contribution in [2.75, 3.05) is 5.32 Å². The van der Waals surface area contributed by atoms with Gasteiger partial charge in [0.1, 0.15) is 17.9 Å². The van der Waals surface area contributed by atoms with Crippen molar-refractivity contribution in [3.63, 3.8) is 0 Å². The van der Waals surface area contributed by atoms with Crippen molar-refractivity contribution in [2.45, 2.75) is 19.6 Å². The summed E-state index contributed by atoms with van der Waals surface area (Å²) < 4.78 is 54.7. The van der Waals surface area contributed by atoms with Crippen LogP contribution in [0.2, 0.25) is 0 Å². The van der Waals surface area contributed by atoms with Crippen molar-refractivity contribution < 1.29 is 17.6 Å². The molecule has 4 rings (SSSR count). The molecule has 4 aromatic rings. The predicted octanol–water partition coefficient (Wildman–Crippen LogP) is 4.37. The summed E-state index contributed by atoms with van der Waals surface area (Å²) in [5.41, 5.74) is 1.74. The van der Waals surface area contributed by atoms with E-state index in [0.717, 1.165) is 10.4 Å². The van der Waals surface area contributed by atoms with Crippen molar-refractivity contribution in [3.8, 4) is 5.69 Å². The average Bonchev–Trinajstić information content (AvgIpc) is 3.20. The Morgan fingerprint density at radius 2 is 1.93 bits per heavy atom. The van der Waals surface area contributed by atoms with Crippen LogP contribution in [0.15, 0.2) is 49.2 Å². The van der Waals surface area contributed by atoms with E-state index in [-0.39, 0.29) is 11.3 Å². The molecule has 144 valence electrons. The fraction of sp³-hybridized carbons (Fsp3) is 0.167. The fourth-order valence-corrected chi connectivity index (χ4v) is 2.84. The second-order valence-electron chi connectivity index (χ2n) is 6.25. The third kappa shape index (κ3) is 3.66. The van der Waals surface area contributed by atoms with Crippen LogP contribution in [0.25, 0.3) is 16.6 Å². The number of nitrogens with one attached hydrogen (secondary N) is 1. The van der Waals surface area contributed by atoms with Gasteiger partial charge in [-0.05, 0) is 31.2 Å². The lowest BCUT2D eigenvalue weighted by molar-refractivity contribution is -0.142. The molecule has 6 nitrogen and oxygen atoms in total. The van der Waals surface area contributed by atoms with Gasteiger partial charge in [0.05, 0.1) is 17.7 Å². The van der Waals surface area contributed by atoms with E-state index in [2.05, 4.69) is 20.4 Å². The Balaban J connectivity index is 1.63. The minimum Gasteiger partial charge on any atom is -0.338 e. The second kappa shape index (κ2) is 6.63. The first-order valence-electron chi connectivity index (χ1n) is 8.25. The van der Waals surface area contributed by atoms with Crippen LogP contribution in [0, 0.1) is 12.7 Å². The van der Waals surface area contributed by atoms with Crippen LogP contribution in [0.5, 0.6) is 0 Å². The number of aromatic nitrogens is 5. The van der Waals surface area contributed by atoms with Gasteiger partial charge in [-0.1, -0.05) is 0 Å². The van der Waals surface area contributed by atoms with Gasteiger partial charge in [0.2, 0.25) is 0 Å². The maximum atomic E-state index is 14.5. The third-order valence-corrected chi connectivity index (χ3v) is 4.01. The summed E-state index contributed by atoms with van der Waals surface area (Å²) in [6.45, 7) is 0.601. The molecule has 0 bridgehead atoms. The smallest absolute Gasteiger partial charge is 0.338 e. The lowest BCUT2D eigenvalue weighted by Crippen LogP contribution is -2.17. The highest BCUT2D eigenvalue weighted by Gasteiger charge is 2.28. The van der Waals surface area contributed by atoms with E-state index in [1.165, 1.54) is 24.8 Å². The second-order valence-corrected chi connectivity index (χ2v) is 6.25. The molecule has 10 heteroatoms. The first kappa shape index (κ1) is 18.0. The minimum atomic E-state index is -4.38. The number of hydrogen-bond acceptors (Lipinski definition) is 4. The van der Waals surface area contributed by atoms with E-state index in [0.29, 0.717) is 16.8 Å². The zero-order valence-electron chi connectivity index (χ0n) is 14.6. The number of imidazole rings is 1. The molecule has 0 saturated heterocycles. The normalized spacial score (nSPS) is 11.9. The topological polar surface area (TPSA) is 60.6 Å². The summed E-state index contributed by atoms with van der Waals surface area (Å²) >= 11 is 0. The highest BCUT2D eigenvalue weighted by molar-refractivity contribution is 5.89. The van der Waals surface area contributed by atoms with E-state index < -0.39 is 18.5 Å². The predicted molar refractivity (Wildman–Crippen MR) is 95.1 cm³/mol. The Labute approximate surface area is 156 Å². The van der Waals surface area contributed by atoms with Crippen LogP contribution >= 0.6 is 0 Å². The van der Waals surface area contributed by atoms with Crippen molar-refractivity contribution in [2.24, 2.45) is 0 Å². The number of fused-ring (bicyclic) bond motifs is 1. The van der Waals surface area contributed by atoms with E-state index in [4.69, 9.17) is 0 Å². The molecule has 0 aliphatic rings. The van der Waals surface area contributed by atoms with Crippen LogP contribution in [-0.4, -0.2) is 30.5 Å². The number of anilines is 2. The van der Waals surface area contributed by atoms with Crippen LogP contribution < -0.4 is 5.32 Å². The molecule has 0 radical (unpaired) electrons. The zero-order chi connectivity index (χ0) is 19.9. The molecule has 28 heavy (non-hydrogen) atoms. The molecule has 0 saturated carbocycles. The standard InChI is InChI=1S/C18H14F4N6/c1-11-7-27(10-24-11)15-3-2-13(6-14(15)19)25-17-16-12(4-5-23-17)8-28(26-16)9-18(20,21)22/h2-8,10H,9H2,1H3,(H,23,25). The number of pyridine rings is 1. The summed E-state index contributed by atoms with van der Waals surface area (Å²) in [5.74, 6) is -0.249. The number of hydrogen-bond donors (Lipinski definition) is 1. The number of aryl methyl sites for hydroxylation is 1. The molecule has 0 unspecified atom stereocenters. The summed E-state index contributed by atoms with van der Waals surface area (Å²) in [5, 5.41) is 7.36. The Kier molecular flexibility index (Phi) is 4.25. The van der Waals surface area contributed by atoms with Crippen LogP contribution in [0.3, 0.4) is 0 Å². The molecule has 1 N–H and O–H groups in total. The molecule has 0 amide bonds. The van der Waals surface area contributed by atoms with E-state index >= 15 is 0 Å². The molecule has 0 atom stereocenters. The lowest BCUT2D eigenvalue weighted by Gasteiger charge is -2.09. The van der Waals surface area contributed by atoms with Gasteiger partial charge in [-0.25, -0.2) is 14.4 Å². The summed E-state index contributed by atoms with van der Waals surface area (Å²) in [6.07, 6.45) is 1.56. The van der Waals surface area contributed by atoms with Gasteiger partial charge in [0, 0.05) is 29.7 Å². The Morgan fingerprint density at radius 1 is 1.11 bits per heavy atom. The molecule has 0 aliphatic carbocycles. The van der Waals surface area contributed by atoms with Gasteiger partial charge in [-0.2, -0.15) is 18.3 Å². The molecule has 3 aromatic heterocycles. The number of nitrogens with zero attached hydrogens (tertiary/aromatic N) is 5. The van der Waals surface area contributed by atoms with Gasteiger partial charge >= 0.3 is 6.18 Å². The van der Waals surface area contributed by atoms with E-state index in [1.54, 1.807) is 35.9 Å². The Hall–Kier alpha value is -3.43. The third-order valence-electron chi connectivity index (χ3n) is 4.01. The Bertz CT molecular complexity index is 1140. The van der Waals surface area contributed by atoms with Crippen molar-refractivity contribution in [1.82, 2.24) is 24.3 Å². The maximum absolute atomic E-state index is 14.5. The maximum Gasteiger partial charge on any atom is 0.408 e. The largest absolute Gasteiger partial charge is 0.408 e. The van der Waals surface area contributed by atoms with Crippen molar-refractivity contribution in [3.05, 3.63) is 60.7 Å². The summed E-state index contributed by atoms with van der Waals surface area (Å²) in [7, 11) is 0. The molecule has 0 fully saturated rings. The Morgan fingerprint density at radius 3 is 2.61 bits per heavy atom. The molecule has 3 heterocycles. The highest BCUT2D eigenvalue weighted by Crippen LogP contribution is 2.26. The zero-order valence-corrected chi connectivity index (χ0v) is 14.6. The summed E-state index contributed by atoms with van der Waals surface area (Å²) in [4.78, 5) is 8.19. The molecule has 0 spiro atoms. The van der Waals surface area contributed by atoms with Crippen LogP contribution in [-0.2, 0) is 6.54 Å². The van der Waals surface area contributed by atoms with Gasteiger partial charge in [-0.3, -0.25) is 4.68 Å². The van der Waals surface area contributed by atoms with Crippen molar-refractivity contribution in [1.29, 1.82) is 0 Å².